The maximum Gasteiger partial charge on any atom is 0.229 e. The highest BCUT2D eigenvalue weighted by atomic mass is 16.7. The lowest BCUT2D eigenvalue weighted by molar-refractivity contribution is -0.196. The van der Waals surface area contributed by atoms with Gasteiger partial charge >= 0.3 is 0 Å². The zero-order valence-electron chi connectivity index (χ0n) is 8.57. The van der Waals surface area contributed by atoms with E-state index in [1.807, 2.05) is 0 Å². The summed E-state index contributed by atoms with van der Waals surface area (Å²) in [6.45, 7) is 0.880. The first-order valence-corrected chi connectivity index (χ1v) is 5.28. The molecule has 1 saturated heterocycles. The lowest BCUT2D eigenvalue weighted by Gasteiger charge is -2.33. The third kappa shape index (κ3) is 2.20. The molecule has 1 aliphatic heterocycles. The molecule has 5 heteroatoms. The fourth-order valence-corrected chi connectivity index (χ4v) is 2.07. The minimum absolute atomic E-state index is 0.0536. The summed E-state index contributed by atoms with van der Waals surface area (Å²) in [6, 6.07) is 0. The van der Waals surface area contributed by atoms with Crippen LogP contribution >= 0.6 is 0 Å². The fourth-order valence-electron chi connectivity index (χ4n) is 2.07. The third-order valence-electron chi connectivity index (χ3n) is 2.82. The van der Waals surface area contributed by atoms with Gasteiger partial charge < -0.3 is 14.2 Å². The molecule has 1 atom stereocenters. The van der Waals surface area contributed by atoms with Crippen LogP contribution in [0.15, 0.2) is 0 Å². The van der Waals surface area contributed by atoms with Gasteiger partial charge in [0.05, 0.1) is 25.9 Å². The van der Waals surface area contributed by atoms with Gasteiger partial charge in [-0.1, -0.05) is 0 Å². The molecular weight excluding hydrogens is 200 g/mol. The SMILES string of the molecule is [O]CCOC1CCC2(OCCO2)C(=O)C1. The molecule has 1 radical (unpaired) electrons. The van der Waals surface area contributed by atoms with Crippen LogP contribution in [-0.2, 0) is 24.1 Å². The molecule has 0 bridgehead atoms. The van der Waals surface area contributed by atoms with Gasteiger partial charge in [-0.2, -0.15) is 0 Å². The van der Waals surface area contributed by atoms with Crippen LogP contribution in [0.2, 0.25) is 0 Å². The second-order valence-corrected chi connectivity index (χ2v) is 3.81. The first-order chi connectivity index (χ1) is 7.27. The first-order valence-electron chi connectivity index (χ1n) is 5.28. The molecule has 2 fully saturated rings. The topological polar surface area (TPSA) is 64.7 Å². The van der Waals surface area contributed by atoms with Gasteiger partial charge in [0.15, 0.2) is 5.78 Å². The molecule has 0 amide bonds. The fraction of sp³-hybridized carbons (Fsp3) is 0.900. The molecule has 1 spiro atoms. The minimum atomic E-state index is -0.989. The summed E-state index contributed by atoms with van der Waals surface area (Å²) in [7, 11) is 0. The van der Waals surface area contributed by atoms with E-state index in [4.69, 9.17) is 14.2 Å². The highest BCUT2D eigenvalue weighted by Gasteiger charge is 2.47. The number of ketones is 1. The Morgan fingerprint density at radius 2 is 2.13 bits per heavy atom. The second-order valence-electron chi connectivity index (χ2n) is 3.81. The molecular formula is C10H15O5. The Morgan fingerprint density at radius 1 is 1.40 bits per heavy atom. The lowest BCUT2D eigenvalue weighted by atomic mass is 9.90. The Bertz CT molecular complexity index is 234. The maximum absolute atomic E-state index is 11.8. The van der Waals surface area contributed by atoms with Crippen molar-refractivity contribution in [1.82, 2.24) is 0 Å². The van der Waals surface area contributed by atoms with Crippen molar-refractivity contribution in [3.05, 3.63) is 0 Å². The van der Waals surface area contributed by atoms with Crippen LogP contribution in [-0.4, -0.2) is 44.1 Å². The molecule has 15 heavy (non-hydrogen) atoms. The van der Waals surface area contributed by atoms with E-state index in [2.05, 4.69) is 0 Å². The van der Waals surface area contributed by atoms with E-state index in [9.17, 15) is 9.90 Å². The minimum Gasteiger partial charge on any atom is -0.375 e. The summed E-state index contributed by atoms with van der Waals surface area (Å²) >= 11 is 0. The van der Waals surface area contributed by atoms with Gasteiger partial charge in [-0.25, -0.2) is 5.11 Å². The molecule has 5 nitrogen and oxygen atoms in total. The summed E-state index contributed by atoms with van der Waals surface area (Å²) in [5.41, 5.74) is 0. The van der Waals surface area contributed by atoms with Gasteiger partial charge in [-0.15, -0.1) is 0 Å². The van der Waals surface area contributed by atoms with Crippen LogP contribution < -0.4 is 0 Å². The van der Waals surface area contributed by atoms with Crippen LogP contribution in [0.5, 0.6) is 0 Å². The van der Waals surface area contributed by atoms with E-state index in [0.717, 1.165) is 0 Å². The van der Waals surface area contributed by atoms with Crippen LogP contribution in [0.3, 0.4) is 0 Å². The monoisotopic (exact) mass is 215 g/mol. The van der Waals surface area contributed by atoms with Crippen LogP contribution in [0, 0.1) is 0 Å². The van der Waals surface area contributed by atoms with Gasteiger partial charge in [-0.3, -0.25) is 4.79 Å². The predicted octanol–water partition coefficient (Wildman–Crippen LogP) is 0.298. The van der Waals surface area contributed by atoms with E-state index in [1.54, 1.807) is 0 Å². The van der Waals surface area contributed by atoms with Crippen molar-refractivity contribution >= 4 is 5.78 Å². The normalized spacial score (nSPS) is 29.9. The van der Waals surface area contributed by atoms with Crippen LogP contribution in [0.4, 0.5) is 0 Å². The van der Waals surface area contributed by atoms with E-state index < -0.39 is 5.79 Å². The zero-order valence-corrected chi connectivity index (χ0v) is 8.57. The molecule has 0 N–H and O–H groups in total. The smallest absolute Gasteiger partial charge is 0.229 e. The highest BCUT2D eigenvalue weighted by molar-refractivity contribution is 5.87. The van der Waals surface area contributed by atoms with Crippen molar-refractivity contribution in [3.8, 4) is 0 Å². The van der Waals surface area contributed by atoms with Crippen molar-refractivity contribution < 1.29 is 24.1 Å². The summed E-state index contributed by atoms with van der Waals surface area (Å²) in [5, 5.41) is 10.2. The summed E-state index contributed by atoms with van der Waals surface area (Å²) in [4.78, 5) is 11.8. The molecule has 1 unspecified atom stereocenters. The van der Waals surface area contributed by atoms with Gasteiger partial charge in [-0.05, 0) is 6.42 Å². The van der Waals surface area contributed by atoms with E-state index >= 15 is 0 Å². The quantitative estimate of drug-likeness (QED) is 0.679. The summed E-state index contributed by atoms with van der Waals surface area (Å²) in [5.74, 6) is -1.04. The number of hydrogen-bond donors (Lipinski definition) is 0. The molecule has 0 aromatic heterocycles. The molecule has 0 aromatic rings. The standard InChI is InChI=1S/C10H15O5/c11-3-4-13-8-1-2-10(9(12)7-8)14-5-6-15-10/h8H,1-7H2. The number of carbonyl (C=O) groups is 1. The Labute approximate surface area is 88.3 Å². The van der Waals surface area contributed by atoms with Gasteiger partial charge in [0.1, 0.15) is 6.61 Å². The van der Waals surface area contributed by atoms with Crippen molar-refractivity contribution in [2.75, 3.05) is 26.4 Å². The average molecular weight is 215 g/mol. The molecule has 1 heterocycles. The van der Waals surface area contributed by atoms with Crippen molar-refractivity contribution in [1.29, 1.82) is 0 Å². The van der Waals surface area contributed by atoms with Crippen LogP contribution in [0.25, 0.3) is 0 Å². The van der Waals surface area contributed by atoms with Crippen molar-refractivity contribution in [2.24, 2.45) is 0 Å². The van der Waals surface area contributed by atoms with E-state index in [0.29, 0.717) is 32.5 Å². The van der Waals surface area contributed by atoms with Gasteiger partial charge in [0.2, 0.25) is 5.79 Å². The number of rotatable bonds is 3. The maximum atomic E-state index is 11.8. The molecule has 0 aromatic carbocycles. The Morgan fingerprint density at radius 3 is 2.73 bits per heavy atom. The van der Waals surface area contributed by atoms with Gasteiger partial charge in [0.25, 0.3) is 0 Å². The molecule has 1 aliphatic carbocycles. The first kappa shape index (κ1) is 11.0. The molecule has 2 rings (SSSR count). The average Bonchev–Trinajstić information content (AvgIpc) is 2.70. The Balaban J connectivity index is 1.88. The van der Waals surface area contributed by atoms with E-state index in [-0.39, 0.29) is 25.1 Å². The van der Waals surface area contributed by atoms with Crippen molar-refractivity contribution in [3.63, 3.8) is 0 Å². The number of hydrogen-bond acceptors (Lipinski definition) is 4. The largest absolute Gasteiger partial charge is 0.375 e. The zero-order chi connectivity index (χ0) is 10.7. The molecule has 1 saturated carbocycles. The van der Waals surface area contributed by atoms with E-state index in [1.165, 1.54) is 0 Å². The second kappa shape index (κ2) is 4.57. The highest BCUT2D eigenvalue weighted by Crippen LogP contribution is 2.34. The Hall–Kier alpha value is -0.490. The number of ether oxygens (including phenoxy) is 3. The third-order valence-corrected chi connectivity index (χ3v) is 2.82. The summed E-state index contributed by atoms with van der Waals surface area (Å²) < 4.78 is 16.0. The number of carbonyl (C=O) groups excluding carboxylic acids is 1. The van der Waals surface area contributed by atoms with Crippen LogP contribution in [0.1, 0.15) is 19.3 Å². The number of Topliss-reactive ketones (excluding diaryl/α,β-unsaturated/α-hetero) is 1. The van der Waals surface area contributed by atoms with Crippen molar-refractivity contribution in [2.45, 2.75) is 31.2 Å². The van der Waals surface area contributed by atoms with Gasteiger partial charge in [0, 0.05) is 12.8 Å². The molecule has 2 aliphatic rings. The predicted molar refractivity (Wildman–Crippen MR) is 48.8 cm³/mol. The molecule has 85 valence electrons. The summed E-state index contributed by atoms with van der Waals surface area (Å²) in [6.07, 6.45) is 1.41. The lowest BCUT2D eigenvalue weighted by Crippen LogP contribution is -2.46. The Kier molecular flexibility index (Phi) is 3.35.